The highest BCUT2D eigenvalue weighted by Gasteiger charge is 2.40. The van der Waals surface area contributed by atoms with Gasteiger partial charge in [0.25, 0.3) is 0 Å². The first-order valence-corrected chi connectivity index (χ1v) is 13.1. The molecule has 202 valence electrons. The number of unbranched alkanes of at least 4 members (excludes halogenated alkanes) is 3. The molecule has 2 aromatic carbocycles. The molecule has 0 aliphatic carbocycles. The molecule has 0 saturated carbocycles. The van der Waals surface area contributed by atoms with E-state index in [1.165, 1.54) is 0 Å². The van der Waals surface area contributed by atoms with Crippen molar-refractivity contribution in [3.05, 3.63) is 53.6 Å². The molecular formula is C29H40N2O6. The van der Waals surface area contributed by atoms with Crippen LogP contribution in [0.2, 0.25) is 0 Å². The first-order chi connectivity index (χ1) is 17.9. The molecule has 8 nitrogen and oxygen atoms in total. The van der Waals surface area contributed by atoms with Crippen LogP contribution in [0.25, 0.3) is 0 Å². The predicted molar refractivity (Wildman–Crippen MR) is 143 cm³/mol. The van der Waals surface area contributed by atoms with E-state index >= 15 is 0 Å². The first kappa shape index (κ1) is 28.2. The molecule has 1 heterocycles. The van der Waals surface area contributed by atoms with E-state index in [-0.39, 0.29) is 24.8 Å². The van der Waals surface area contributed by atoms with Crippen molar-refractivity contribution in [2.24, 2.45) is 0 Å². The highest BCUT2D eigenvalue weighted by atomic mass is 16.6. The fourth-order valence-electron chi connectivity index (χ4n) is 4.77. The Balaban J connectivity index is 2.03. The Morgan fingerprint density at radius 1 is 0.973 bits per heavy atom. The molecule has 0 radical (unpaired) electrons. The standard InChI is InChI=1S/C29H40N2O6/c1-6-8-9-13-16-37-28(32)30(20-22-14-11-10-12-15-22)24-17-21(3)31(29(33)36-7-2)25-19-27(35-5)26(34-4)18-23(24)25/h10-12,14-15,18-19,21,24H,6-9,13,16-17,20H2,1-5H3/t21-,24+/m1/s1. The second-order valence-electron chi connectivity index (χ2n) is 9.22. The second-order valence-corrected chi connectivity index (χ2v) is 9.22. The van der Waals surface area contributed by atoms with Crippen molar-refractivity contribution < 1.29 is 28.5 Å². The first-order valence-electron chi connectivity index (χ1n) is 13.1. The lowest BCUT2D eigenvalue weighted by molar-refractivity contribution is 0.0757. The molecule has 8 heteroatoms. The van der Waals surface area contributed by atoms with Gasteiger partial charge in [-0.3, -0.25) is 9.80 Å². The molecule has 2 aromatic rings. The van der Waals surface area contributed by atoms with Crippen molar-refractivity contribution in [1.29, 1.82) is 0 Å². The fourth-order valence-corrected chi connectivity index (χ4v) is 4.77. The van der Waals surface area contributed by atoms with Gasteiger partial charge in [0.1, 0.15) is 0 Å². The Kier molecular flexibility index (Phi) is 10.5. The predicted octanol–water partition coefficient (Wildman–Crippen LogP) is 6.72. The Bertz CT molecular complexity index is 1030. The van der Waals surface area contributed by atoms with Gasteiger partial charge >= 0.3 is 12.2 Å². The van der Waals surface area contributed by atoms with Crippen LogP contribution in [0.3, 0.4) is 0 Å². The lowest BCUT2D eigenvalue weighted by Crippen LogP contribution is -2.47. The van der Waals surface area contributed by atoms with Crippen molar-refractivity contribution in [3.8, 4) is 11.5 Å². The maximum absolute atomic E-state index is 13.5. The molecule has 0 fully saturated rings. The van der Waals surface area contributed by atoms with Gasteiger partial charge in [-0.25, -0.2) is 9.59 Å². The number of fused-ring (bicyclic) bond motifs is 1. The molecular weight excluding hydrogens is 472 g/mol. The number of methoxy groups -OCH3 is 2. The van der Waals surface area contributed by atoms with E-state index < -0.39 is 6.09 Å². The maximum atomic E-state index is 13.5. The third kappa shape index (κ3) is 6.87. The summed E-state index contributed by atoms with van der Waals surface area (Å²) in [6, 6.07) is 12.9. The highest BCUT2D eigenvalue weighted by Crippen LogP contribution is 2.46. The third-order valence-electron chi connectivity index (χ3n) is 6.65. The van der Waals surface area contributed by atoms with Crippen molar-refractivity contribution >= 4 is 17.9 Å². The molecule has 0 unspecified atom stereocenters. The number of carbonyl (C=O) groups excluding carboxylic acids is 2. The number of nitrogens with zero attached hydrogens (tertiary/aromatic N) is 2. The summed E-state index contributed by atoms with van der Waals surface area (Å²) < 4.78 is 22.3. The molecule has 1 aliphatic rings. The normalized spacial score (nSPS) is 16.5. The van der Waals surface area contributed by atoms with E-state index in [1.807, 2.05) is 43.3 Å². The number of ether oxygens (including phenoxy) is 4. The molecule has 0 N–H and O–H groups in total. The van der Waals surface area contributed by atoms with Crippen LogP contribution in [-0.4, -0.2) is 50.6 Å². The highest BCUT2D eigenvalue weighted by molar-refractivity contribution is 5.91. The summed E-state index contributed by atoms with van der Waals surface area (Å²) in [4.78, 5) is 29.9. The number of benzene rings is 2. The van der Waals surface area contributed by atoms with Crippen molar-refractivity contribution in [2.75, 3.05) is 32.3 Å². The van der Waals surface area contributed by atoms with Gasteiger partial charge in [-0.05, 0) is 38.3 Å². The van der Waals surface area contributed by atoms with Crippen LogP contribution in [-0.2, 0) is 16.0 Å². The largest absolute Gasteiger partial charge is 0.493 e. The van der Waals surface area contributed by atoms with Crippen LogP contribution in [0.15, 0.2) is 42.5 Å². The SMILES string of the molecule is CCCCCCOC(=O)N(Cc1ccccc1)[C@H]1C[C@@H](C)N(C(=O)OCC)c2cc(OC)c(OC)cc21. The van der Waals surface area contributed by atoms with E-state index in [4.69, 9.17) is 18.9 Å². The monoisotopic (exact) mass is 512 g/mol. The minimum absolute atomic E-state index is 0.231. The summed E-state index contributed by atoms with van der Waals surface area (Å²) in [5.74, 6) is 1.02. The van der Waals surface area contributed by atoms with E-state index in [2.05, 4.69) is 6.92 Å². The summed E-state index contributed by atoms with van der Waals surface area (Å²) in [6.07, 6.45) is 3.80. The molecule has 0 aromatic heterocycles. The zero-order valence-corrected chi connectivity index (χ0v) is 22.7. The Morgan fingerprint density at radius 2 is 1.68 bits per heavy atom. The number of anilines is 1. The number of amides is 2. The van der Waals surface area contributed by atoms with Crippen LogP contribution >= 0.6 is 0 Å². The molecule has 0 bridgehead atoms. The molecule has 1 aliphatic heterocycles. The number of hydrogen-bond donors (Lipinski definition) is 0. The van der Waals surface area contributed by atoms with Crippen LogP contribution in [0, 0.1) is 0 Å². The maximum Gasteiger partial charge on any atom is 0.414 e. The van der Waals surface area contributed by atoms with Crippen molar-refractivity contribution in [1.82, 2.24) is 4.90 Å². The third-order valence-corrected chi connectivity index (χ3v) is 6.65. The van der Waals surface area contributed by atoms with E-state index in [9.17, 15) is 9.59 Å². The Morgan fingerprint density at radius 3 is 2.32 bits per heavy atom. The minimum atomic E-state index is -0.435. The topological polar surface area (TPSA) is 77.5 Å². The van der Waals surface area contributed by atoms with Gasteiger partial charge in [-0.1, -0.05) is 56.5 Å². The van der Waals surface area contributed by atoms with Gasteiger partial charge in [0, 0.05) is 24.2 Å². The summed E-state index contributed by atoms with van der Waals surface area (Å²) in [7, 11) is 3.13. The Labute approximate surface area is 220 Å². The lowest BCUT2D eigenvalue weighted by atomic mass is 9.90. The molecule has 0 saturated heterocycles. The van der Waals surface area contributed by atoms with Crippen LogP contribution in [0.4, 0.5) is 15.3 Å². The van der Waals surface area contributed by atoms with E-state index in [0.717, 1.165) is 36.8 Å². The van der Waals surface area contributed by atoms with Crippen LogP contribution < -0.4 is 14.4 Å². The van der Waals surface area contributed by atoms with Gasteiger partial charge in [0.05, 0.1) is 39.2 Å². The van der Waals surface area contributed by atoms with Crippen molar-refractivity contribution in [3.63, 3.8) is 0 Å². The summed E-state index contributed by atoms with van der Waals surface area (Å²) in [5.41, 5.74) is 2.41. The molecule has 2 amide bonds. The fraction of sp³-hybridized carbons (Fsp3) is 0.517. The zero-order chi connectivity index (χ0) is 26.8. The summed E-state index contributed by atoms with van der Waals surface area (Å²) >= 11 is 0. The quantitative estimate of drug-likeness (QED) is 0.311. The molecule has 3 rings (SSSR count). The van der Waals surface area contributed by atoms with Gasteiger partial charge in [-0.15, -0.1) is 0 Å². The van der Waals surface area contributed by atoms with Gasteiger partial charge < -0.3 is 18.9 Å². The van der Waals surface area contributed by atoms with Crippen LogP contribution in [0.1, 0.15) is 70.0 Å². The van der Waals surface area contributed by atoms with Gasteiger partial charge in [0.2, 0.25) is 0 Å². The Hall–Kier alpha value is -3.42. The van der Waals surface area contributed by atoms with E-state index in [1.54, 1.807) is 37.0 Å². The molecule has 2 atom stereocenters. The van der Waals surface area contributed by atoms with Crippen LogP contribution in [0.5, 0.6) is 11.5 Å². The number of rotatable bonds is 11. The van der Waals surface area contributed by atoms with Gasteiger partial charge in [0.15, 0.2) is 11.5 Å². The minimum Gasteiger partial charge on any atom is -0.493 e. The smallest absolute Gasteiger partial charge is 0.414 e. The summed E-state index contributed by atoms with van der Waals surface area (Å²) in [6.45, 7) is 6.90. The number of carbonyl (C=O) groups is 2. The van der Waals surface area contributed by atoms with Gasteiger partial charge in [-0.2, -0.15) is 0 Å². The van der Waals surface area contributed by atoms with E-state index in [0.29, 0.717) is 36.8 Å². The molecule has 0 spiro atoms. The lowest BCUT2D eigenvalue weighted by Gasteiger charge is -2.42. The average Bonchev–Trinajstić information content (AvgIpc) is 2.91. The average molecular weight is 513 g/mol. The van der Waals surface area contributed by atoms with Crippen molar-refractivity contribution in [2.45, 2.75) is 71.5 Å². The zero-order valence-electron chi connectivity index (χ0n) is 22.7. The second kappa shape index (κ2) is 13.8. The summed E-state index contributed by atoms with van der Waals surface area (Å²) in [5, 5.41) is 0. The number of hydrogen-bond acceptors (Lipinski definition) is 6. The molecule has 37 heavy (non-hydrogen) atoms.